The van der Waals surface area contributed by atoms with Gasteiger partial charge < -0.3 is 5.32 Å². The number of amides is 1. The van der Waals surface area contributed by atoms with Crippen LogP contribution in [0.25, 0.3) is 0 Å². The molecule has 128 valence electrons. The van der Waals surface area contributed by atoms with Gasteiger partial charge in [-0.15, -0.1) is 0 Å². The van der Waals surface area contributed by atoms with Gasteiger partial charge in [0.05, 0.1) is 21.5 Å². The molecule has 0 heterocycles. The number of non-ortho nitro benzene ring substituents is 1. The highest BCUT2D eigenvalue weighted by atomic mass is 16.6. The molecule has 1 amide bonds. The van der Waals surface area contributed by atoms with Crippen LogP contribution in [0, 0.1) is 27.2 Å². The molecule has 1 N–H and O–H groups in total. The number of allylic oxidation sites excluding steroid dienone is 1. The minimum absolute atomic E-state index is 0.0338. The largest absolute Gasteiger partial charge is 0.352 e. The number of nitro groups is 2. The molecule has 1 aliphatic rings. The van der Waals surface area contributed by atoms with Crippen LogP contribution in [0.1, 0.15) is 48.0 Å². The van der Waals surface area contributed by atoms with E-state index in [1.54, 1.807) is 0 Å². The van der Waals surface area contributed by atoms with Gasteiger partial charge in [-0.2, -0.15) is 0 Å². The van der Waals surface area contributed by atoms with Gasteiger partial charge in [-0.25, -0.2) is 0 Å². The van der Waals surface area contributed by atoms with E-state index >= 15 is 0 Å². The summed E-state index contributed by atoms with van der Waals surface area (Å²) >= 11 is 0. The Kier molecular flexibility index (Phi) is 5.62. The second-order valence-electron chi connectivity index (χ2n) is 5.77. The van der Waals surface area contributed by atoms with Crippen molar-refractivity contribution in [2.75, 3.05) is 6.54 Å². The highest BCUT2D eigenvalue weighted by Crippen LogP contribution is 2.28. The van der Waals surface area contributed by atoms with Crippen molar-refractivity contribution in [1.29, 1.82) is 0 Å². The topological polar surface area (TPSA) is 115 Å². The van der Waals surface area contributed by atoms with Gasteiger partial charge in [0, 0.05) is 18.2 Å². The summed E-state index contributed by atoms with van der Waals surface area (Å²) in [4.78, 5) is 32.8. The van der Waals surface area contributed by atoms with Crippen molar-refractivity contribution in [3.05, 3.63) is 55.1 Å². The zero-order valence-electron chi connectivity index (χ0n) is 13.4. The van der Waals surface area contributed by atoms with Gasteiger partial charge in [0.25, 0.3) is 17.3 Å². The van der Waals surface area contributed by atoms with Crippen molar-refractivity contribution in [3.63, 3.8) is 0 Å². The fourth-order valence-corrected chi connectivity index (χ4v) is 2.78. The lowest BCUT2D eigenvalue weighted by atomic mass is 9.97. The lowest BCUT2D eigenvalue weighted by Crippen LogP contribution is -2.26. The lowest BCUT2D eigenvalue weighted by Gasteiger charge is -2.13. The molecule has 0 unspecified atom stereocenters. The quantitative estimate of drug-likeness (QED) is 0.486. The maximum Gasteiger partial charge on any atom is 0.279 e. The highest BCUT2D eigenvalue weighted by Gasteiger charge is 2.24. The van der Waals surface area contributed by atoms with E-state index in [4.69, 9.17) is 0 Å². The molecule has 2 rings (SSSR count). The van der Waals surface area contributed by atoms with Gasteiger partial charge in [-0.1, -0.05) is 11.6 Å². The third-order valence-corrected chi connectivity index (χ3v) is 4.13. The second kappa shape index (κ2) is 7.67. The first-order chi connectivity index (χ1) is 11.4. The molecule has 0 radical (unpaired) electrons. The minimum Gasteiger partial charge on any atom is -0.352 e. The fourth-order valence-electron chi connectivity index (χ4n) is 2.78. The summed E-state index contributed by atoms with van der Waals surface area (Å²) < 4.78 is 0. The molecule has 0 atom stereocenters. The van der Waals surface area contributed by atoms with Crippen molar-refractivity contribution in [1.82, 2.24) is 5.32 Å². The fraction of sp³-hybridized carbons (Fsp3) is 0.438. The molecular formula is C16H19N3O5. The van der Waals surface area contributed by atoms with Crippen LogP contribution >= 0.6 is 0 Å². The third kappa shape index (κ3) is 4.15. The number of carbonyl (C=O) groups is 1. The van der Waals surface area contributed by atoms with E-state index in [1.807, 2.05) is 0 Å². The maximum atomic E-state index is 12.3. The first-order valence-corrected chi connectivity index (χ1v) is 7.79. The number of carbonyl (C=O) groups excluding carboxylic acids is 1. The number of nitrogens with one attached hydrogen (secondary N) is 1. The van der Waals surface area contributed by atoms with Crippen LogP contribution in [-0.2, 0) is 0 Å². The van der Waals surface area contributed by atoms with Gasteiger partial charge in [-0.3, -0.25) is 25.0 Å². The van der Waals surface area contributed by atoms with Gasteiger partial charge in [0.1, 0.15) is 0 Å². The number of hydrogen-bond acceptors (Lipinski definition) is 5. The second-order valence-corrected chi connectivity index (χ2v) is 5.77. The smallest absolute Gasteiger partial charge is 0.279 e. The molecule has 8 nitrogen and oxygen atoms in total. The Hall–Kier alpha value is -2.77. The summed E-state index contributed by atoms with van der Waals surface area (Å²) in [6.07, 6.45) is 7.32. The van der Waals surface area contributed by atoms with Crippen molar-refractivity contribution < 1.29 is 14.6 Å². The van der Waals surface area contributed by atoms with Crippen LogP contribution in [0.2, 0.25) is 0 Å². The third-order valence-electron chi connectivity index (χ3n) is 4.13. The van der Waals surface area contributed by atoms with Gasteiger partial charge in [0.15, 0.2) is 0 Å². The van der Waals surface area contributed by atoms with Gasteiger partial charge >= 0.3 is 0 Å². The van der Waals surface area contributed by atoms with E-state index in [0.29, 0.717) is 6.54 Å². The molecular weight excluding hydrogens is 314 g/mol. The highest BCUT2D eigenvalue weighted by molar-refractivity contribution is 5.97. The van der Waals surface area contributed by atoms with E-state index in [-0.39, 0.29) is 11.1 Å². The zero-order valence-corrected chi connectivity index (χ0v) is 13.4. The number of hydrogen-bond donors (Lipinski definition) is 1. The average molecular weight is 333 g/mol. The normalized spacial score (nSPS) is 14.0. The zero-order chi connectivity index (χ0) is 17.7. The molecule has 0 spiro atoms. The Bertz CT molecular complexity index is 712. The summed E-state index contributed by atoms with van der Waals surface area (Å²) in [7, 11) is 0. The number of benzene rings is 1. The molecule has 0 saturated carbocycles. The molecule has 8 heteroatoms. The van der Waals surface area contributed by atoms with Gasteiger partial charge in [-0.05, 0) is 39.0 Å². The molecule has 0 saturated heterocycles. The SMILES string of the molecule is Cc1c(C(=O)NCCC2=CCCCC2)cc([N+](=O)[O-])cc1[N+](=O)[O-]. The number of nitrogens with zero attached hydrogens (tertiary/aromatic N) is 2. The Morgan fingerprint density at radius 1 is 1.21 bits per heavy atom. The summed E-state index contributed by atoms with van der Waals surface area (Å²) in [6.45, 7) is 1.82. The van der Waals surface area contributed by atoms with Crippen molar-refractivity contribution in [3.8, 4) is 0 Å². The minimum atomic E-state index is -0.740. The molecule has 0 fully saturated rings. The monoisotopic (exact) mass is 333 g/mol. The Morgan fingerprint density at radius 3 is 2.54 bits per heavy atom. The van der Waals surface area contributed by atoms with Crippen molar-refractivity contribution in [2.24, 2.45) is 0 Å². The van der Waals surface area contributed by atoms with E-state index < -0.39 is 27.1 Å². The standard InChI is InChI=1S/C16H19N3O5/c1-11-14(9-13(18(21)22)10-15(11)19(23)24)16(20)17-8-7-12-5-3-2-4-6-12/h5,9-10H,2-4,6-8H2,1H3,(H,17,20). The summed E-state index contributed by atoms with van der Waals surface area (Å²) in [5.74, 6) is -0.532. The average Bonchev–Trinajstić information content (AvgIpc) is 2.55. The van der Waals surface area contributed by atoms with E-state index in [9.17, 15) is 25.0 Å². The van der Waals surface area contributed by atoms with Crippen LogP contribution in [0.3, 0.4) is 0 Å². The van der Waals surface area contributed by atoms with Gasteiger partial charge in [0.2, 0.25) is 0 Å². The van der Waals surface area contributed by atoms with Crippen molar-refractivity contribution in [2.45, 2.75) is 39.0 Å². The van der Waals surface area contributed by atoms with Crippen LogP contribution in [-0.4, -0.2) is 22.3 Å². The molecule has 1 aliphatic carbocycles. The molecule has 1 aromatic rings. The Labute approximate surface area is 138 Å². The first-order valence-electron chi connectivity index (χ1n) is 7.79. The molecule has 0 aromatic heterocycles. The summed E-state index contributed by atoms with van der Waals surface area (Å²) in [5.41, 5.74) is 0.494. The molecule has 1 aromatic carbocycles. The Morgan fingerprint density at radius 2 is 1.96 bits per heavy atom. The molecule has 0 aliphatic heterocycles. The Balaban J connectivity index is 2.14. The molecule has 24 heavy (non-hydrogen) atoms. The predicted octanol–water partition coefficient (Wildman–Crippen LogP) is 3.43. The van der Waals surface area contributed by atoms with E-state index in [2.05, 4.69) is 11.4 Å². The maximum absolute atomic E-state index is 12.3. The first kappa shape index (κ1) is 17.6. The van der Waals surface area contributed by atoms with Crippen molar-refractivity contribution >= 4 is 17.3 Å². The summed E-state index contributed by atoms with van der Waals surface area (Å²) in [5, 5.41) is 24.7. The van der Waals surface area contributed by atoms with Crippen LogP contribution in [0.15, 0.2) is 23.8 Å². The predicted molar refractivity (Wildman–Crippen MR) is 88.0 cm³/mol. The van der Waals surface area contributed by atoms with Crippen LogP contribution < -0.4 is 5.32 Å². The van der Waals surface area contributed by atoms with E-state index in [0.717, 1.165) is 37.8 Å². The number of rotatable bonds is 6. The van der Waals surface area contributed by atoms with Crippen LogP contribution in [0.5, 0.6) is 0 Å². The lowest BCUT2D eigenvalue weighted by molar-refractivity contribution is -0.394. The van der Waals surface area contributed by atoms with Crippen LogP contribution in [0.4, 0.5) is 11.4 Å². The van der Waals surface area contributed by atoms with E-state index in [1.165, 1.54) is 18.9 Å². The molecule has 0 bridgehead atoms. The summed E-state index contributed by atoms with van der Waals surface area (Å²) in [6, 6.07) is 1.95. The number of nitro benzene ring substituents is 2.